The van der Waals surface area contributed by atoms with Crippen molar-refractivity contribution in [1.82, 2.24) is 20.4 Å². The van der Waals surface area contributed by atoms with Crippen molar-refractivity contribution in [1.29, 1.82) is 0 Å². The predicted octanol–water partition coefficient (Wildman–Crippen LogP) is 2.21. The van der Waals surface area contributed by atoms with Crippen molar-refractivity contribution in [3.63, 3.8) is 0 Å². The summed E-state index contributed by atoms with van der Waals surface area (Å²) in [5.74, 6) is 0.764. The maximum Gasteiger partial charge on any atom is 0.191 e. The van der Waals surface area contributed by atoms with E-state index in [-0.39, 0.29) is 0 Å². The summed E-state index contributed by atoms with van der Waals surface area (Å²) in [5.41, 5.74) is 3.53. The Morgan fingerprint density at radius 2 is 1.92 bits per heavy atom. The number of rotatable bonds is 8. The molecular formula is C18H27N5O. The molecule has 0 aliphatic rings. The molecule has 1 heterocycles. The van der Waals surface area contributed by atoms with Gasteiger partial charge in [-0.2, -0.15) is 5.10 Å². The molecule has 0 saturated carbocycles. The van der Waals surface area contributed by atoms with Crippen molar-refractivity contribution in [3.8, 4) is 0 Å². The lowest BCUT2D eigenvalue weighted by Crippen LogP contribution is -2.37. The highest BCUT2D eigenvalue weighted by atomic mass is 16.5. The quantitative estimate of drug-likeness (QED) is 0.443. The molecule has 0 spiro atoms. The molecular weight excluding hydrogens is 302 g/mol. The van der Waals surface area contributed by atoms with Gasteiger partial charge in [0.05, 0.1) is 18.8 Å². The average molecular weight is 329 g/mol. The normalized spacial score (nSPS) is 11.5. The number of aryl methyl sites for hydroxylation is 1. The number of hydrogen-bond donors (Lipinski definition) is 2. The van der Waals surface area contributed by atoms with E-state index in [0.29, 0.717) is 19.7 Å². The lowest BCUT2D eigenvalue weighted by atomic mass is 10.1. The molecule has 1 aromatic heterocycles. The maximum absolute atomic E-state index is 5.67. The lowest BCUT2D eigenvalue weighted by molar-refractivity contribution is 0.121. The molecule has 0 fully saturated rings. The predicted molar refractivity (Wildman–Crippen MR) is 96.6 cm³/mol. The Morgan fingerprint density at radius 1 is 1.17 bits per heavy atom. The highest BCUT2D eigenvalue weighted by Gasteiger charge is 2.05. The van der Waals surface area contributed by atoms with Crippen LogP contribution in [0.2, 0.25) is 0 Å². The second-order valence-corrected chi connectivity index (χ2v) is 5.55. The first-order valence-corrected chi connectivity index (χ1v) is 8.30. The van der Waals surface area contributed by atoms with E-state index in [1.807, 2.05) is 29.9 Å². The van der Waals surface area contributed by atoms with E-state index < -0.39 is 0 Å². The van der Waals surface area contributed by atoms with Crippen LogP contribution in [0.5, 0.6) is 0 Å². The summed E-state index contributed by atoms with van der Waals surface area (Å²) < 4.78 is 7.52. The number of aliphatic imine (C=N–C) groups is 1. The number of aromatic nitrogens is 2. The van der Waals surface area contributed by atoms with Gasteiger partial charge in [-0.15, -0.1) is 0 Å². The smallest absolute Gasteiger partial charge is 0.191 e. The molecule has 0 atom stereocenters. The van der Waals surface area contributed by atoms with Gasteiger partial charge in [-0.25, -0.2) is 0 Å². The van der Waals surface area contributed by atoms with Crippen LogP contribution in [0.1, 0.15) is 30.2 Å². The fourth-order valence-electron chi connectivity index (χ4n) is 2.35. The van der Waals surface area contributed by atoms with Gasteiger partial charge < -0.3 is 15.4 Å². The number of ether oxygens (including phenoxy) is 1. The van der Waals surface area contributed by atoms with Gasteiger partial charge in [0.2, 0.25) is 0 Å². The van der Waals surface area contributed by atoms with Crippen LogP contribution in [0.15, 0.2) is 41.5 Å². The second kappa shape index (κ2) is 9.72. The Hall–Kier alpha value is -2.34. The number of nitrogens with one attached hydrogen (secondary N) is 2. The molecule has 0 aliphatic heterocycles. The summed E-state index contributed by atoms with van der Waals surface area (Å²) in [6, 6.07) is 10.3. The van der Waals surface area contributed by atoms with Crippen LogP contribution in [0.4, 0.5) is 0 Å². The van der Waals surface area contributed by atoms with Gasteiger partial charge in [-0.05, 0) is 23.6 Å². The van der Waals surface area contributed by atoms with E-state index in [9.17, 15) is 0 Å². The fourth-order valence-corrected chi connectivity index (χ4v) is 2.35. The van der Waals surface area contributed by atoms with Gasteiger partial charge in [0.15, 0.2) is 5.96 Å². The second-order valence-electron chi connectivity index (χ2n) is 5.55. The molecule has 2 rings (SSSR count). The minimum atomic E-state index is 0.646. The van der Waals surface area contributed by atoms with Crippen molar-refractivity contribution in [2.24, 2.45) is 12.0 Å². The summed E-state index contributed by atoms with van der Waals surface area (Å²) >= 11 is 0. The highest BCUT2D eigenvalue weighted by molar-refractivity contribution is 5.79. The van der Waals surface area contributed by atoms with Crippen LogP contribution < -0.4 is 10.6 Å². The van der Waals surface area contributed by atoms with E-state index in [1.165, 1.54) is 11.1 Å². The third-order valence-corrected chi connectivity index (χ3v) is 3.75. The van der Waals surface area contributed by atoms with Gasteiger partial charge in [-0.1, -0.05) is 31.2 Å². The van der Waals surface area contributed by atoms with E-state index in [0.717, 1.165) is 24.7 Å². The minimum Gasteiger partial charge on any atom is -0.377 e. The first kappa shape index (κ1) is 18.0. The summed E-state index contributed by atoms with van der Waals surface area (Å²) in [6.45, 7) is 4.93. The van der Waals surface area contributed by atoms with Gasteiger partial charge in [-0.3, -0.25) is 9.67 Å². The molecule has 0 unspecified atom stereocenters. The van der Waals surface area contributed by atoms with Crippen LogP contribution in [-0.4, -0.2) is 29.4 Å². The molecule has 0 saturated heterocycles. The molecule has 0 bridgehead atoms. The van der Waals surface area contributed by atoms with Crippen LogP contribution in [0, 0.1) is 0 Å². The van der Waals surface area contributed by atoms with Crippen molar-refractivity contribution < 1.29 is 4.74 Å². The zero-order valence-electron chi connectivity index (χ0n) is 14.7. The molecule has 130 valence electrons. The summed E-state index contributed by atoms with van der Waals surface area (Å²) in [5, 5.41) is 10.8. The topological polar surface area (TPSA) is 63.5 Å². The number of guanidine groups is 1. The lowest BCUT2D eigenvalue weighted by Gasteiger charge is -2.14. The molecule has 1 aromatic carbocycles. The average Bonchev–Trinajstić information content (AvgIpc) is 3.01. The summed E-state index contributed by atoms with van der Waals surface area (Å²) in [7, 11) is 3.70. The van der Waals surface area contributed by atoms with Crippen molar-refractivity contribution >= 4 is 5.96 Å². The Labute approximate surface area is 143 Å². The Morgan fingerprint density at radius 3 is 2.58 bits per heavy atom. The fraction of sp³-hybridized carbons (Fsp3) is 0.444. The maximum atomic E-state index is 5.67. The van der Waals surface area contributed by atoms with Crippen LogP contribution in [0.3, 0.4) is 0 Å². The molecule has 0 amide bonds. The number of hydrogen-bond acceptors (Lipinski definition) is 3. The van der Waals surface area contributed by atoms with Crippen LogP contribution in [0.25, 0.3) is 0 Å². The van der Waals surface area contributed by atoms with E-state index >= 15 is 0 Å². The van der Waals surface area contributed by atoms with Gasteiger partial charge in [0.25, 0.3) is 0 Å². The van der Waals surface area contributed by atoms with Crippen LogP contribution in [-0.2, 0) is 31.5 Å². The SMILES string of the molecule is CCCOCc1ccccc1CNC(=NC)NCc1ccnn1C. The van der Waals surface area contributed by atoms with Gasteiger partial charge in [0.1, 0.15) is 0 Å². The Balaban J connectivity index is 1.87. The molecule has 24 heavy (non-hydrogen) atoms. The van der Waals surface area contributed by atoms with E-state index in [2.05, 4.69) is 39.8 Å². The molecule has 2 N–H and O–H groups in total. The van der Waals surface area contributed by atoms with Crippen LogP contribution >= 0.6 is 0 Å². The summed E-state index contributed by atoms with van der Waals surface area (Å²) in [4.78, 5) is 4.27. The molecule has 6 nitrogen and oxygen atoms in total. The molecule has 2 aromatic rings. The zero-order valence-corrected chi connectivity index (χ0v) is 14.7. The first-order chi connectivity index (χ1) is 11.7. The van der Waals surface area contributed by atoms with Gasteiger partial charge >= 0.3 is 0 Å². The Kier molecular flexibility index (Phi) is 7.29. The molecule has 0 radical (unpaired) electrons. The van der Waals surface area contributed by atoms with E-state index in [4.69, 9.17) is 4.74 Å². The third-order valence-electron chi connectivity index (χ3n) is 3.75. The minimum absolute atomic E-state index is 0.646. The molecule has 6 heteroatoms. The monoisotopic (exact) mass is 329 g/mol. The number of benzene rings is 1. The molecule has 0 aliphatic carbocycles. The Bertz CT molecular complexity index is 650. The third kappa shape index (κ3) is 5.38. The van der Waals surface area contributed by atoms with Crippen molar-refractivity contribution in [3.05, 3.63) is 53.3 Å². The first-order valence-electron chi connectivity index (χ1n) is 8.30. The highest BCUT2D eigenvalue weighted by Crippen LogP contribution is 2.10. The standard InChI is InChI=1S/C18H27N5O/c1-4-11-24-14-16-8-6-5-7-15(16)12-20-18(19-2)21-13-17-9-10-22-23(17)3/h5-10H,4,11-14H2,1-3H3,(H2,19,20,21). The number of nitrogens with zero attached hydrogens (tertiary/aromatic N) is 3. The van der Waals surface area contributed by atoms with Gasteiger partial charge in [0, 0.05) is 33.4 Å². The summed E-state index contributed by atoms with van der Waals surface area (Å²) in [6.07, 6.45) is 2.82. The largest absolute Gasteiger partial charge is 0.377 e. The zero-order chi connectivity index (χ0) is 17.2. The van der Waals surface area contributed by atoms with Crippen molar-refractivity contribution in [2.45, 2.75) is 33.0 Å². The van der Waals surface area contributed by atoms with Crippen molar-refractivity contribution in [2.75, 3.05) is 13.7 Å². The van der Waals surface area contributed by atoms with E-state index in [1.54, 1.807) is 13.2 Å².